The lowest BCUT2D eigenvalue weighted by Crippen LogP contribution is -2.12. The van der Waals surface area contributed by atoms with E-state index in [-0.39, 0.29) is 6.04 Å². The van der Waals surface area contributed by atoms with Crippen molar-refractivity contribution in [1.29, 1.82) is 0 Å². The van der Waals surface area contributed by atoms with E-state index in [1.807, 2.05) is 42.2 Å². The number of nitrogens with two attached hydrogens (primary N) is 1. The summed E-state index contributed by atoms with van der Waals surface area (Å²) < 4.78 is 1.93. The van der Waals surface area contributed by atoms with Crippen LogP contribution in [0.5, 0.6) is 0 Å². The molecule has 0 radical (unpaired) electrons. The standard InChI is InChI=1S/C14H18ClN3/c1-3-7-18-9-11(8-17-18)14(16)12-5-4-6-13(15)10(12)2/h4-6,8-9,14H,3,7,16H2,1-2H3. The van der Waals surface area contributed by atoms with Crippen LogP contribution in [0.2, 0.25) is 5.02 Å². The molecule has 2 N–H and O–H groups in total. The Labute approximate surface area is 113 Å². The van der Waals surface area contributed by atoms with Crippen LogP contribution in [0.1, 0.15) is 36.1 Å². The van der Waals surface area contributed by atoms with Gasteiger partial charge < -0.3 is 5.73 Å². The van der Waals surface area contributed by atoms with Crippen molar-refractivity contribution in [1.82, 2.24) is 9.78 Å². The Bertz CT molecular complexity index is 534. The molecule has 1 heterocycles. The first-order valence-corrected chi connectivity index (χ1v) is 6.54. The van der Waals surface area contributed by atoms with E-state index in [0.29, 0.717) is 0 Å². The monoisotopic (exact) mass is 263 g/mol. The Morgan fingerprint density at radius 2 is 2.22 bits per heavy atom. The fourth-order valence-corrected chi connectivity index (χ4v) is 2.21. The first-order chi connectivity index (χ1) is 8.63. The van der Waals surface area contributed by atoms with Gasteiger partial charge >= 0.3 is 0 Å². The van der Waals surface area contributed by atoms with E-state index in [4.69, 9.17) is 17.3 Å². The lowest BCUT2D eigenvalue weighted by molar-refractivity contribution is 0.602. The predicted octanol–water partition coefficient (Wildman–Crippen LogP) is 3.30. The van der Waals surface area contributed by atoms with Gasteiger partial charge in [0.25, 0.3) is 0 Å². The molecule has 0 aliphatic rings. The molecule has 96 valence electrons. The van der Waals surface area contributed by atoms with Crippen molar-refractivity contribution < 1.29 is 0 Å². The van der Waals surface area contributed by atoms with Crippen LogP contribution in [-0.2, 0) is 6.54 Å². The summed E-state index contributed by atoms with van der Waals surface area (Å²) in [5, 5.41) is 5.06. The minimum atomic E-state index is -0.172. The third-order valence-electron chi connectivity index (χ3n) is 3.11. The quantitative estimate of drug-likeness (QED) is 0.920. The lowest BCUT2D eigenvalue weighted by Gasteiger charge is -2.14. The SMILES string of the molecule is CCCn1cc(C(N)c2cccc(Cl)c2C)cn1. The predicted molar refractivity (Wildman–Crippen MR) is 74.7 cm³/mol. The third kappa shape index (κ3) is 2.57. The highest BCUT2D eigenvalue weighted by Crippen LogP contribution is 2.26. The number of nitrogens with zero attached hydrogens (tertiary/aromatic N) is 2. The van der Waals surface area contributed by atoms with Crippen molar-refractivity contribution in [2.45, 2.75) is 32.9 Å². The first kappa shape index (κ1) is 13.1. The summed E-state index contributed by atoms with van der Waals surface area (Å²) in [6.45, 7) is 5.04. The van der Waals surface area contributed by atoms with Crippen LogP contribution in [0.15, 0.2) is 30.6 Å². The van der Waals surface area contributed by atoms with Crippen LogP contribution in [0.3, 0.4) is 0 Å². The molecule has 2 rings (SSSR count). The molecule has 18 heavy (non-hydrogen) atoms. The van der Waals surface area contributed by atoms with Crippen LogP contribution in [0.4, 0.5) is 0 Å². The maximum Gasteiger partial charge on any atom is 0.0585 e. The molecule has 1 aromatic carbocycles. The van der Waals surface area contributed by atoms with Gasteiger partial charge in [-0.05, 0) is 30.5 Å². The largest absolute Gasteiger partial charge is 0.320 e. The van der Waals surface area contributed by atoms with Crippen LogP contribution in [0.25, 0.3) is 0 Å². The molecule has 3 nitrogen and oxygen atoms in total. The van der Waals surface area contributed by atoms with E-state index in [2.05, 4.69) is 12.0 Å². The molecule has 0 spiro atoms. The molecular formula is C14H18ClN3. The Hall–Kier alpha value is -1.32. The molecule has 4 heteroatoms. The fraction of sp³-hybridized carbons (Fsp3) is 0.357. The highest BCUT2D eigenvalue weighted by atomic mass is 35.5. The van der Waals surface area contributed by atoms with Gasteiger partial charge in [0.15, 0.2) is 0 Å². The molecule has 0 aliphatic heterocycles. The number of aromatic nitrogens is 2. The van der Waals surface area contributed by atoms with E-state index >= 15 is 0 Å². The maximum atomic E-state index is 6.28. The molecule has 0 fully saturated rings. The molecule has 0 saturated heterocycles. The van der Waals surface area contributed by atoms with Crippen molar-refractivity contribution in [2.24, 2.45) is 5.73 Å². The smallest absolute Gasteiger partial charge is 0.0585 e. The van der Waals surface area contributed by atoms with Gasteiger partial charge in [-0.2, -0.15) is 5.10 Å². The minimum Gasteiger partial charge on any atom is -0.320 e. The van der Waals surface area contributed by atoms with Crippen LogP contribution < -0.4 is 5.73 Å². The van der Waals surface area contributed by atoms with E-state index < -0.39 is 0 Å². The summed E-state index contributed by atoms with van der Waals surface area (Å²) >= 11 is 6.12. The van der Waals surface area contributed by atoms with Crippen molar-refractivity contribution >= 4 is 11.6 Å². The Morgan fingerprint density at radius 1 is 1.44 bits per heavy atom. The molecule has 0 saturated carbocycles. The van der Waals surface area contributed by atoms with Gasteiger partial charge in [0.2, 0.25) is 0 Å². The molecule has 0 aliphatic carbocycles. The normalized spacial score (nSPS) is 12.7. The Kier molecular flexibility index (Phi) is 4.04. The van der Waals surface area contributed by atoms with Gasteiger partial charge in [-0.1, -0.05) is 30.7 Å². The van der Waals surface area contributed by atoms with E-state index in [1.165, 1.54) is 0 Å². The second kappa shape index (κ2) is 5.55. The highest BCUT2D eigenvalue weighted by Gasteiger charge is 2.14. The van der Waals surface area contributed by atoms with E-state index in [1.54, 1.807) is 0 Å². The van der Waals surface area contributed by atoms with Gasteiger partial charge in [0.05, 0.1) is 12.2 Å². The van der Waals surface area contributed by atoms with Gasteiger partial charge in [-0.15, -0.1) is 0 Å². The zero-order chi connectivity index (χ0) is 13.1. The highest BCUT2D eigenvalue weighted by molar-refractivity contribution is 6.31. The van der Waals surface area contributed by atoms with Crippen molar-refractivity contribution in [2.75, 3.05) is 0 Å². The fourth-order valence-electron chi connectivity index (χ4n) is 2.03. The second-order valence-corrected chi connectivity index (χ2v) is 4.88. The van der Waals surface area contributed by atoms with Crippen molar-refractivity contribution in [3.8, 4) is 0 Å². The average molecular weight is 264 g/mol. The van der Waals surface area contributed by atoms with Gasteiger partial charge in [0, 0.05) is 23.3 Å². The third-order valence-corrected chi connectivity index (χ3v) is 3.52. The van der Waals surface area contributed by atoms with Crippen molar-refractivity contribution in [3.63, 3.8) is 0 Å². The van der Waals surface area contributed by atoms with Gasteiger partial charge in [0.1, 0.15) is 0 Å². The summed E-state index contributed by atoms with van der Waals surface area (Å²) in [4.78, 5) is 0. The first-order valence-electron chi connectivity index (χ1n) is 6.16. The molecule has 2 aromatic rings. The number of hydrogen-bond acceptors (Lipinski definition) is 2. The molecule has 0 bridgehead atoms. The van der Waals surface area contributed by atoms with Gasteiger partial charge in [-0.3, -0.25) is 4.68 Å². The Balaban J connectivity index is 2.29. The molecule has 1 unspecified atom stereocenters. The number of hydrogen-bond donors (Lipinski definition) is 1. The minimum absolute atomic E-state index is 0.172. The van der Waals surface area contributed by atoms with Crippen LogP contribution in [-0.4, -0.2) is 9.78 Å². The molecular weight excluding hydrogens is 246 g/mol. The van der Waals surface area contributed by atoms with Crippen molar-refractivity contribution in [3.05, 3.63) is 52.3 Å². The number of benzene rings is 1. The topological polar surface area (TPSA) is 43.8 Å². The second-order valence-electron chi connectivity index (χ2n) is 4.47. The zero-order valence-electron chi connectivity index (χ0n) is 10.7. The average Bonchev–Trinajstić information content (AvgIpc) is 2.81. The molecule has 0 amide bonds. The number of halogens is 1. The number of rotatable bonds is 4. The lowest BCUT2D eigenvalue weighted by atomic mass is 9.98. The summed E-state index contributed by atoms with van der Waals surface area (Å²) in [6, 6.07) is 5.66. The van der Waals surface area contributed by atoms with Crippen LogP contribution >= 0.6 is 11.6 Å². The summed E-state index contributed by atoms with van der Waals surface area (Å²) in [7, 11) is 0. The molecule has 1 aromatic heterocycles. The van der Waals surface area contributed by atoms with E-state index in [0.717, 1.165) is 34.7 Å². The van der Waals surface area contributed by atoms with Crippen LogP contribution in [0, 0.1) is 6.92 Å². The zero-order valence-corrected chi connectivity index (χ0v) is 11.5. The summed E-state index contributed by atoms with van der Waals surface area (Å²) in [5.74, 6) is 0. The summed E-state index contributed by atoms with van der Waals surface area (Å²) in [5.41, 5.74) is 9.40. The summed E-state index contributed by atoms with van der Waals surface area (Å²) in [6.07, 6.45) is 4.90. The number of aryl methyl sites for hydroxylation is 1. The van der Waals surface area contributed by atoms with E-state index in [9.17, 15) is 0 Å². The Morgan fingerprint density at radius 3 is 2.94 bits per heavy atom. The molecule has 1 atom stereocenters. The van der Waals surface area contributed by atoms with Gasteiger partial charge in [-0.25, -0.2) is 0 Å². The maximum absolute atomic E-state index is 6.28.